The molecule has 0 radical (unpaired) electrons. The lowest BCUT2D eigenvalue weighted by atomic mass is 9.73. The highest BCUT2D eigenvalue weighted by molar-refractivity contribution is 5.60. The molecule has 0 unspecified atom stereocenters. The molecule has 0 saturated heterocycles. The van der Waals surface area contributed by atoms with E-state index in [2.05, 4.69) is 45.1 Å². The Morgan fingerprint density at radius 1 is 1.22 bits per heavy atom. The molecule has 0 heterocycles. The standard InChI is InChI=1S/C16H25NO/c1-10(2)13-8-14(9-13)17-15-7-6-11(3)16(18-5)12(15)4/h6-7,10,13-14,17H,8-9H2,1-5H3. The Morgan fingerprint density at radius 2 is 1.89 bits per heavy atom. The first-order valence-electron chi connectivity index (χ1n) is 6.93. The number of hydrogen-bond donors (Lipinski definition) is 1. The molecule has 0 atom stereocenters. The Hall–Kier alpha value is -1.18. The summed E-state index contributed by atoms with van der Waals surface area (Å²) in [7, 11) is 1.75. The van der Waals surface area contributed by atoms with Crippen LogP contribution in [0.15, 0.2) is 12.1 Å². The molecule has 1 aromatic carbocycles. The number of benzene rings is 1. The van der Waals surface area contributed by atoms with Crippen LogP contribution in [0.3, 0.4) is 0 Å². The molecular formula is C16H25NO. The predicted octanol–water partition coefficient (Wildman–Crippen LogP) is 4.16. The van der Waals surface area contributed by atoms with E-state index in [1.54, 1.807) is 7.11 Å². The van der Waals surface area contributed by atoms with E-state index in [4.69, 9.17) is 4.74 Å². The number of rotatable bonds is 4. The lowest BCUT2D eigenvalue weighted by molar-refractivity contribution is 0.211. The Bertz CT molecular complexity index is 419. The fourth-order valence-corrected chi connectivity index (χ4v) is 2.84. The van der Waals surface area contributed by atoms with Gasteiger partial charge in [0.1, 0.15) is 5.75 Å². The van der Waals surface area contributed by atoms with Gasteiger partial charge in [-0.05, 0) is 50.2 Å². The first kappa shape index (κ1) is 13.3. The van der Waals surface area contributed by atoms with Crippen LogP contribution in [0.4, 0.5) is 5.69 Å². The maximum absolute atomic E-state index is 5.47. The van der Waals surface area contributed by atoms with Crippen LogP contribution >= 0.6 is 0 Å². The van der Waals surface area contributed by atoms with Crippen molar-refractivity contribution in [3.63, 3.8) is 0 Å². The van der Waals surface area contributed by atoms with E-state index >= 15 is 0 Å². The molecule has 1 aliphatic carbocycles. The summed E-state index contributed by atoms with van der Waals surface area (Å²) in [6.07, 6.45) is 2.60. The first-order chi connectivity index (χ1) is 8.52. The monoisotopic (exact) mass is 247 g/mol. The summed E-state index contributed by atoms with van der Waals surface area (Å²) in [6, 6.07) is 4.95. The highest BCUT2D eigenvalue weighted by atomic mass is 16.5. The molecular weight excluding hydrogens is 222 g/mol. The minimum absolute atomic E-state index is 0.642. The Kier molecular flexibility index (Phi) is 3.84. The average Bonchev–Trinajstić information content (AvgIpc) is 2.25. The number of methoxy groups -OCH3 is 1. The molecule has 0 aromatic heterocycles. The molecule has 1 saturated carbocycles. The van der Waals surface area contributed by atoms with E-state index in [1.165, 1.54) is 29.7 Å². The molecule has 0 amide bonds. The lowest BCUT2D eigenvalue weighted by Gasteiger charge is -2.39. The summed E-state index contributed by atoms with van der Waals surface area (Å²) >= 11 is 0. The van der Waals surface area contributed by atoms with Crippen molar-refractivity contribution in [1.82, 2.24) is 0 Å². The third-order valence-corrected chi connectivity index (χ3v) is 4.28. The van der Waals surface area contributed by atoms with Gasteiger partial charge >= 0.3 is 0 Å². The van der Waals surface area contributed by atoms with E-state index in [9.17, 15) is 0 Å². The van der Waals surface area contributed by atoms with Gasteiger partial charge in [-0.15, -0.1) is 0 Å². The number of hydrogen-bond acceptors (Lipinski definition) is 2. The smallest absolute Gasteiger partial charge is 0.126 e. The van der Waals surface area contributed by atoms with Gasteiger partial charge in [0.2, 0.25) is 0 Å². The quantitative estimate of drug-likeness (QED) is 0.862. The topological polar surface area (TPSA) is 21.3 Å². The van der Waals surface area contributed by atoms with Gasteiger partial charge in [-0.3, -0.25) is 0 Å². The normalized spacial score (nSPS) is 22.8. The molecule has 100 valence electrons. The highest BCUT2D eigenvalue weighted by Gasteiger charge is 2.31. The van der Waals surface area contributed by atoms with Gasteiger partial charge in [0.05, 0.1) is 7.11 Å². The maximum atomic E-state index is 5.47. The summed E-state index contributed by atoms with van der Waals surface area (Å²) in [5.74, 6) is 2.73. The van der Waals surface area contributed by atoms with Crippen LogP contribution in [-0.2, 0) is 0 Å². The fourth-order valence-electron chi connectivity index (χ4n) is 2.84. The van der Waals surface area contributed by atoms with Gasteiger partial charge in [0.25, 0.3) is 0 Å². The zero-order chi connectivity index (χ0) is 13.3. The summed E-state index contributed by atoms with van der Waals surface area (Å²) in [6.45, 7) is 8.86. The van der Waals surface area contributed by atoms with E-state index in [0.717, 1.165) is 17.6 Å². The van der Waals surface area contributed by atoms with Crippen LogP contribution in [0.25, 0.3) is 0 Å². The van der Waals surface area contributed by atoms with Crippen molar-refractivity contribution in [2.24, 2.45) is 11.8 Å². The van der Waals surface area contributed by atoms with E-state index in [1.807, 2.05) is 0 Å². The second-order valence-corrected chi connectivity index (χ2v) is 5.91. The van der Waals surface area contributed by atoms with Crippen molar-refractivity contribution >= 4 is 5.69 Å². The molecule has 0 bridgehead atoms. The van der Waals surface area contributed by atoms with Crippen molar-refractivity contribution < 1.29 is 4.74 Å². The zero-order valence-electron chi connectivity index (χ0n) is 12.2. The van der Waals surface area contributed by atoms with Gasteiger partial charge in [0, 0.05) is 17.3 Å². The molecule has 0 spiro atoms. The largest absolute Gasteiger partial charge is 0.496 e. The number of nitrogens with one attached hydrogen (secondary N) is 1. The third-order valence-electron chi connectivity index (χ3n) is 4.28. The molecule has 1 N–H and O–H groups in total. The highest BCUT2D eigenvalue weighted by Crippen LogP contribution is 2.37. The van der Waals surface area contributed by atoms with Crippen LogP contribution in [0.5, 0.6) is 5.75 Å². The molecule has 2 nitrogen and oxygen atoms in total. The minimum Gasteiger partial charge on any atom is -0.496 e. The Balaban J connectivity index is 2.03. The van der Waals surface area contributed by atoms with E-state index in [0.29, 0.717) is 6.04 Å². The average molecular weight is 247 g/mol. The van der Waals surface area contributed by atoms with E-state index < -0.39 is 0 Å². The second kappa shape index (κ2) is 5.21. The van der Waals surface area contributed by atoms with Crippen LogP contribution in [0.1, 0.15) is 37.8 Å². The van der Waals surface area contributed by atoms with Crippen LogP contribution in [0, 0.1) is 25.7 Å². The van der Waals surface area contributed by atoms with Crippen LogP contribution < -0.4 is 10.1 Å². The number of aryl methyl sites for hydroxylation is 1. The summed E-state index contributed by atoms with van der Waals surface area (Å²) in [5.41, 5.74) is 3.66. The third kappa shape index (κ3) is 2.47. The van der Waals surface area contributed by atoms with Crippen molar-refractivity contribution in [2.45, 2.75) is 46.6 Å². The molecule has 2 heteroatoms. The zero-order valence-corrected chi connectivity index (χ0v) is 12.2. The maximum Gasteiger partial charge on any atom is 0.126 e. The molecule has 1 aromatic rings. The first-order valence-corrected chi connectivity index (χ1v) is 6.93. The summed E-state index contributed by atoms with van der Waals surface area (Å²) in [4.78, 5) is 0. The minimum atomic E-state index is 0.642. The van der Waals surface area contributed by atoms with Gasteiger partial charge < -0.3 is 10.1 Å². The van der Waals surface area contributed by atoms with Gasteiger partial charge in [-0.1, -0.05) is 19.9 Å². The van der Waals surface area contributed by atoms with Gasteiger partial charge in [-0.2, -0.15) is 0 Å². The predicted molar refractivity (Wildman–Crippen MR) is 77.4 cm³/mol. The van der Waals surface area contributed by atoms with Gasteiger partial charge in [0.15, 0.2) is 0 Å². The number of anilines is 1. The van der Waals surface area contributed by atoms with Gasteiger partial charge in [-0.25, -0.2) is 0 Å². The van der Waals surface area contributed by atoms with Crippen molar-refractivity contribution in [3.8, 4) is 5.75 Å². The fraction of sp³-hybridized carbons (Fsp3) is 0.625. The van der Waals surface area contributed by atoms with E-state index in [-0.39, 0.29) is 0 Å². The summed E-state index contributed by atoms with van der Waals surface area (Å²) < 4.78 is 5.47. The van der Waals surface area contributed by atoms with Crippen LogP contribution in [0.2, 0.25) is 0 Å². The molecule has 1 fully saturated rings. The van der Waals surface area contributed by atoms with Crippen molar-refractivity contribution in [3.05, 3.63) is 23.3 Å². The Morgan fingerprint density at radius 3 is 2.44 bits per heavy atom. The molecule has 0 aliphatic heterocycles. The van der Waals surface area contributed by atoms with Crippen molar-refractivity contribution in [2.75, 3.05) is 12.4 Å². The SMILES string of the molecule is COc1c(C)ccc(NC2CC(C(C)C)C2)c1C. The molecule has 2 rings (SSSR count). The lowest BCUT2D eigenvalue weighted by Crippen LogP contribution is -2.38. The van der Waals surface area contributed by atoms with Crippen LogP contribution in [-0.4, -0.2) is 13.2 Å². The van der Waals surface area contributed by atoms with Crippen molar-refractivity contribution in [1.29, 1.82) is 0 Å². The second-order valence-electron chi connectivity index (χ2n) is 5.91. The molecule has 1 aliphatic rings. The summed E-state index contributed by atoms with van der Waals surface area (Å²) in [5, 5.41) is 3.65. The number of ether oxygens (including phenoxy) is 1. The Labute approximate surface area is 111 Å². The molecule has 18 heavy (non-hydrogen) atoms.